The number of carbonyl (C=O) groups excluding carboxylic acids is 2. The lowest BCUT2D eigenvalue weighted by atomic mass is 10.2. The Bertz CT molecular complexity index is 699. The van der Waals surface area contributed by atoms with Gasteiger partial charge >= 0.3 is 5.97 Å². The maximum absolute atomic E-state index is 12.5. The summed E-state index contributed by atoms with van der Waals surface area (Å²) >= 11 is 1.96. The zero-order valence-electron chi connectivity index (χ0n) is 14.7. The van der Waals surface area contributed by atoms with Gasteiger partial charge in [-0.25, -0.2) is 4.79 Å². The number of aliphatic hydroxyl groups is 1. The molecular weight excluding hydrogens is 354 g/mol. The molecule has 0 radical (unpaired) electrons. The smallest absolute Gasteiger partial charge is 0.337 e. The van der Waals surface area contributed by atoms with Crippen LogP contribution in [0.2, 0.25) is 0 Å². The number of amides is 1. The molecule has 0 bridgehead atoms. The van der Waals surface area contributed by atoms with E-state index in [1.54, 1.807) is 0 Å². The van der Waals surface area contributed by atoms with Gasteiger partial charge in [-0.15, -0.1) is 0 Å². The number of rotatable bonds is 6. The quantitative estimate of drug-likeness (QED) is 0.713. The van der Waals surface area contributed by atoms with Crippen molar-refractivity contribution in [2.75, 3.05) is 61.6 Å². The molecule has 0 atom stereocenters. The number of thioether (sulfide) groups is 1. The Morgan fingerprint density at radius 1 is 1.27 bits per heavy atom. The zero-order valence-corrected chi connectivity index (χ0v) is 15.6. The van der Waals surface area contributed by atoms with E-state index in [2.05, 4.69) is 10.2 Å². The monoisotopic (exact) mass is 377 g/mol. The molecule has 0 saturated carbocycles. The predicted molar refractivity (Wildman–Crippen MR) is 102 cm³/mol. The van der Waals surface area contributed by atoms with E-state index in [4.69, 9.17) is 9.84 Å². The topological polar surface area (TPSA) is 82.1 Å². The standard InChI is InChI=1S/C18H23N3O4S/c1-25-18(24)15-12-21(6-9-22)17(23)16(15)19-13-2-4-14(5-3-13)20-7-10-26-11-8-20/h2-5,19,22H,6-12H2,1H3. The van der Waals surface area contributed by atoms with Gasteiger partial charge in [0.1, 0.15) is 5.70 Å². The zero-order chi connectivity index (χ0) is 18.5. The Balaban J connectivity index is 1.76. The second kappa shape index (κ2) is 8.46. The molecule has 0 aliphatic carbocycles. The summed E-state index contributed by atoms with van der Waals surface area (Å²) in [6, 6.07) is 7.84. The van der Waals surface area contributed by atoms with Gasteiger partial charge in [0, 0.05) is 42.5 Å². The number of hydrogen-bond acceptors (Lipinski definition) is 7. The van der Waals surface area contributed by atoms with Crippen LogP contribution in [-0.4, -0.2) is 73.3 Å². The Morgan fingerprint density at radius 3 is 2.58 bits per heavy atom. The van der Waals surface area contributed by atoms with E-state index in [1.807, 2.05) is 36.0 Å². The number of hydrogen-bond donors (Lipinski definition) is 2. The first-order valence-corrected chi connectivity index (χ1v) is 9.71. The van der Waals surface area contributed by atoms with E-state index in [9.17, 15) is 9.59 Å². The lowest BCUT2D eigenvalue weighted by molar-refractivity contribution is -0.136. The Labute approximate surface area is 157 Å². The maximum Gasteiger partial charge on any atom is 0.337 e. The average molecular weight is 377 g/mol. The predicted octanol–water partition coefficient (Wildman–Crippen LogP) is 0.913. The van der Waals surface area contributed by atoms with Crippen LogP contribution in [0.25, 0.3) is 0 Å². The molecule has 1 aromatic carbocycles. The lowest BCUT2D eigenvalue weighted by Crippen LogP contribution is -2.32. The van der Waals surface area contributed by atoms with E-state index in [-0.39, 0.29) is 36.9 Å². The van der Waals surface area contributed by atoms with Gasteiger partial charge < -0.3 is 25.0 Å². The third-order valence-corrected chi connectivity index (χ3v) is 5.41. The molecule has 7 nitrogen and oxygen atoms in total. The van der Waals surface area contributed by atoms with Gasteiger partial charge in [0.25, 0.3) is 5.91 Å². The maximum atomic E-state index is 12.5. The number of nitrogens with zero attached hydrogens (tertiary/aromatic N) is 2. The first-order chi connectivity index (χ1) is 12.6. The summed E-state index contributed by atoms with van der Waals surface area (Å²) in [7, 11) is 1.29. The largest absolute Gasteiger partial charge is 0.466 e. The number of nitrogens with one attached hydrogen (secondary N) is 1. The fraction of sp³-hybridized carbons (Fsp3) is 0.444. The molecule has 0 aromatic heterocycles. The van der Waals surface area contributed by atoms with Crippen molar-refractivity contribution in [1.29, 1.82) is 0 Å². The number of ether oxygens (including phenoxy) is 1. The van der Waals surface area contributed by atoms with Crippen LogP contribution in [-0.2, 0) is 14.3 Å². The molecule has 8 heteroatoms. The first-order valence-electron chi connectivity index (χ1n) is 8.55. The van der Waals surface area contributed by atoms with Crippen molar-refractivity contribution in [3.05, 3.63) is 35.5 Å². The van der Waals surface area contributed by atoms with Gasteiger partial charge in [-0.05, 0) is 24.3 Å². The van der Waals surface area contributed by atoms with Crippen LogP contribution >= 0.6 is 11.8 Å². The molecule has 3 rings (SSSR count). The van der Waals surface area contributed by atoms with Crippen LogP contribution in [0.1, 0.15) is 0 Å². The van der Waals surface area contributed by atoms with Crippen LogP contribution in [0.3, 0.4) is 0 Å². The highest BCUT2D eigenvalue weighted by molar-refractivity contribution is 7.99. The van der Waals surface area contributed by atoms with Crippen molar-refractivity contribution < 1.29 is 19.4 Å². The van der Waals surface area contributed by atoms with E-state index < -0.39 is 5.97 Å². The van der Waals surface area contributed by atoms with Crippen molar-refractivity contribution in [1.82, 2.24) is 4.90 Å². The summed E-state index contributed by atoms with van der Waals surface area (Å²) in [4.78, 5) is 28.3. The second-order valence-corrected chi connectivity index (χ2v) is 7.29. The van der Waals surface area contributed by atoms with Crippen LogP contribution < -0.4 is 10.2 Å². The summed E-state index contributed by atoms with van der Waals surface area (Å²) in [5, 5.41) is 12.2. The fourth-order valence-electron chi connectivity index (χ4n) is 3.07. The molecule has 2 aliphatic heterocycles. The summed E-state index contributed by atoms with van der Waals surface area (Å²) in [5.74, 6) is 1.41. The van der Waals surface area contributed by atoms with E-state index in [1.165, 1.54) is 12.0 Å². The Hall–Kier alpha value is -2.19. The number of anilines is 2. The average Bonchev–Trinajstić information content (AvgIpc) is 2.99. The molecule has 0 unspecified atom stereocenters. The number of carbonyl (C=O) groups is 2. The van der Waals surface area contributed by atoms with Crippen molar-refractivity contribution in [2.24, 2.45) is 0 Å². The summed E-state index contributed by atoms with van der Waals surface area (Å²) < 4.78 is 4.79. The van der Waals surface area contributed by atoms with Crippen LogP contribution in [0, 0.1) is 0 Å². The number of aliphatic hydroxyl groups excluding tert-OH is 1. The molecule has 140 valence electrons. The van der Waals surface area contributed by atoms with E-state index in [0.717, 1.165) is 36.0 Å². The Kier molecular flexibility index (Phi) is 6.05. The van der Waals surface area contributed by atoms with Crippen LogP contribution in [0.4, 0.5) is 11.4 Å². The van der Waals surface area contributed by atoms with Gasteiger partial charge in [-0.2, -0.15) is 11.8 Å². The SMILES string of the molecule is COC(=O)C1=C(Nc2ccc(N3CCSCC3)cc2)C(=O)N(CCO)C1. The van der Waals surface area contributed by atoms with Crippen LogP contribution in [0.5, 0.6) is 0 Å². The Morgan fingerprint density at radius 2 is 1.96 bits per heavy atom. The van der Waals surface area contributed by atoms with Crippen molar-refractivity contribution in [2.45, 2.75) is 0 Å². The lowest BCUT2D eigenvalue weighted by Gasteiger charge is -2.28. The third-order valence-electron chi connectivity index (χ3n) is 4.47. The van der Waals surface area contributed by atoms with E-state index in [0.29, 0.717) is 0 Å². The molecule has 1 aromatic rings. The van der Waals surface area contributed by atoms with Crippen molar-refractivity contribution >= 4 is 35.0 Å². The molecular formula is C18H23N3O4S. The van der Waals surface area contributed by atoms with Gasteiger partial charge in [-0.1, -0.05) is 0 Å². The third kappa shape index (κ3) is 3.96. The number of esters is 1. The molecule has 2 heterocycles. The normalized spacial score (nSPS) is 17.7. The molecule has 1 fully saturated rings. The number of methoxy groups -OCH3 is 1. The minimum atomic E-state index is -0.538. The number of benzene rings is 1. The highest BCUT2D eigenvalue weighted by atomic mass is 32.2. The van der Waals surface area contributed by atoms with Gasteiger partial charge in [-0.3, -0.25) is 4.79 Å². The highest BCUT2D eigenvalue weighted by Gasteiger charge is 2.34. The van der Waals surface area contributed by atoms with Crippen molar-refractivity contribution in [3.8, 4) is 0 Å². The minimum Gasteiger partial charge on any atom is -0.466 e. The van der Waals surface area contributed by atoms with Crippen LogP contribution in [0.15, 0.2) is 35.5 Å². The molecule has 2 aliphatic rings. The van der Waals surface area contributed by atoms with Gasteiger partial charge in [0.15, 0.2) is 0 Å². The molecule has 1 amide bonds. The molecule has 2 N–H and O–H groups in total. The van der Waals surface area contributed by atoms with Gasteiger partial charge in [0.05, 0.1) is 25.8 Å². The van der Waals surface area contributed by atoms with E-state index >= 15 is 0 Å². The minimum absolute atomic E-state index is 0.137. The van der Waals surface area contributed by atoms with Gasteiger partial charge in [0.2, 0.25) is 0 Å². The first kappa shape index (κ1) is 18.6. The second-order valence-electron chi connectivity index (χ2n) is 6.07. The number of β-amino-alcohol motifs (C(OH)–C–C–N with tert-alkyl or cyclic N) is 1. The molecule has 26 heavy (non-hydrogen) atoms. The summed E-state index contributed by atoms with van der Waals surface area (Å²) in [5.41, 5.74) is 2.38. The highest BCUT2D eigenvalue weighted by Crippen LogP contribution is 2.25. The summed E-state index contributed by atoms with van der Waals surface area (Å²) in [6.45, 7) is 2.22. The fourth-order valence-corrected chi connectivity index (χ4v) is 3.97. The summed E-state index contributed by atoms with van der Waals surface area (Å²) in [6.07, 6.45) is 0. The van der Waals surface area contributed by atoms with Crippen molar-refractivity contribution in [3.63, 3.8) is 0 Å². The molecule has 1 saturated heterocycles. The molecule has 0 spiro atoms.